The monoisotopic (exact) mass is 442 g/mol. The summed E-state index contributed by atoms with van der Waals surface area (Å²) in [4.78, 5) is 0. The number of rotatable bonds is 0. The van der Waals surface area contributed by atoms with Gasteiger partial charge in [0.25, 0.3) is 0 Å². The third-order valence-electron chi connectivity index (χ3n) is 3.98. The number of nitrogens with zero attached hydrogens (tertiary/aromatic N) is 1. The number of hydrogen-bond donors (Lipinski definition) is 4. The first kappa shape index (κ1) is 24.4. The number of nitrogens with one attached hydrogen (secondary N) is 2. The van der Waals surface area contributed by atoms with Gasteiger partial charge in [0.2, 0.25) is 20.0 Å². The highest BCUT2D eigenvalue weighted by Crippen LogP contribution is 2.28. The molecular formula is C18H26N4O5S2. The van der Waals surface area contributed by atoms with Crippen molar-refractivity contribution in [2.45, 2.75) is 20.9 Å². The fraction of sp³-hybridized carbons (Fsp3) is 0.278. The van der Waals surface area contributed by atoms with Gasteiger partial charge in [-0.05, 0) is 17.7 Å². The number of fused-ring (bicyclic) bond motifs is 2. The maximum Gasteiger partial charge on any atom is 0.238 e. The molecule has 0 aliphatic carbocycles. The van der Waals surface area contributed by atoms with Crippen molar-refractivity contribution in [1.29, 1.82) is 0 Å². The largest absolute Gasteiger partial charge is 0.411 e. The molecule has 29 heavy (non-hydrogen) atoms. The molecule has 9 nitrogen and oxygen atoms in total. The Balaban J connectivity index is 0.000000272. The Morgan fingerprint density at radius 1 is 0.897 bits per heavy atom. The molecule has 160 valence electrons. The summed E-state index contributed by atoms with van der Waals surface area (Å²) in [7, 11) is -6.62. The molecule has 2 aromatic rings. The normalized spacial score (nSPS) is 21.3. The number of hydrogen-bond acceptors (Lipinski definition) is 7. The highest BCUT2D eigenvalue weighted by molar-refractivity contribution is 7.93. The first-order chi connectivity index (χ1) is 12.7. The van der Waals surface area contributed by atoms with Gasteiger partial charge in [-0.15, -0.1) is 0 Å². The molecule has 0 saturated carbocycles. The zero-order valence-corrected chi connectivity index (χ0v) is 15.7. The molecule has 1 unspecified atom stereocenters. The smallest absolute Gasteiger partial charge is 0.238 e. The minimum Gasteiger partial charge on any atom is -0.411 e. The van der Waals surface area contributed by atoms with E-state index >= 15 is 0 Å². The van der Waals surface area contributed by atoms with E-state index in [1.165, 1.54) is 0 Å². The molecule has 0 spiro atoms. The number of para-hydroxylation sites is 2. The van der Waals surface area contributed by atoms with Gasteiger partial charge in [0.1, 0.15) is 11.5 Å². The molecular weight excluding hydrogens is 416 g/mol. The van der Waals surface area contributed by atoms with Crippen LogP contribution in [0, 0.1) is 0 Å². The molecule has 2 aromatic carbocycles. The van der Waals surface area contributed by atoms with Crippen LogP contribution in [0.25, 0.3) is 0 Å². The quantitative estimate of drug-likeness (QED) is 0.363. The zero-order valence-electron chi connectivity index (χ0n) is 14.0. The van der Waals surface area contributed by atoms with Crippen LogP contribution in [0.15, 0.2) is 53.7 Å². The number of oxime groups is 1. The van der Waals surface area contributed by atoms with E-state index < -0.39 is 26.1 Å². The van der Waals surface area contributed by atoms with E-state index in [2.05, 4.69) is 14.6 Å². The predicted octanol–water partition coefficient (Wildman–Crippen LogP) is 2.33. The van der Waals surface area contributed by atoms with Crippen LogP contribution in [0.3, 0.4) is 0 Å². The van der Waals surface area contributed by atoms with Gasteiger partial charge in [-0.25, -0.2) is 16.8 Å². The van der Waals surface area contributed by atoms with Gasteiger partial charge in [-0.3, -0.25) is 9.44 Å². The van der Waals surface area contributed by atoms with E-state index in [0.717, 1.165) is 5.56 Å². The summed E-state index contributed by atoms with van der Waals surface area (Å²) in [6.07, 6.45) is 0. The minimum absolute atomic E-state index is 0. The Hall–Kier alpha value is -2.63. The molecule has 1 atom stereocenters. The molecule has 0 aromatic heterocycles. The molecule has 2 aliphatic heterocycles. The van der Waals surface area contributed by atoms with E-state index in [1.807, 2.05) is 12.1 Å². The number of anilines is 2. The summed E-state index contributed by atoms with van der Waals surface area (Å²) >= 11 is 0. The van der Waals surface area contributed by atoms with Gasteiger partial charge in [-0.2, -0.15) is 0 Å². The Morgan fingerprint density at radius 3 is 2.10 bits per heavy atom. The van der Waals surface area contributed by atoms with Gasteiger partial charge >= 0.3 is 0 Å². The third-order valence-corrected chi connectivity index (χ3v) is 6.49. The van der Waals surface area contributed by atoms with E-state index in [9.17, 15) is 16.8 Å². The molecule has 11 heteroatoms. The summed E-state index contributed by atoms with van der Waals surface area (Å²) in [5, 5.41) is 11.6. The van der Waals surface area contributed by atoms with Gasteiger partial charge in [-0.1, -0.05) is 56.4 Å². The predicted molar refractivity (Wildman–Crippen MR) is 116 cm³/mol. The van der Waals surface area contributed by atoms with Crippen LogP contribution in [-0.2, 0) is 20.0 Å². The van der Waals surface area contributed by atoms with Crippen LogP contribution in [0.1, 0.15) is 32.0 Å². The fourth-order valence-corrected chi connectivity index (χ4v) is 5.23. The number of nitrogens with two attached hydrogens (primary N) is 1. The average molecular weight is 443 g/mol. The van der Waals surface area contributed by atoms with E-state index in [-0.39, 0.29) is 32.1 Å². The number of benzene rings is 2. The topological polar surface area (TPSA) is 151 Å². The lowest BCUT2D eigenvalue weighted by atomic mass is 10.1. The van der Waals surface area contributed by atoms with Crippen molar-refractivity contribution in [3.05, 3.63) is 59.7 Å². The van der Waals surface area contributed by atoms with Crippen molar-refractivity contribution in [1.82, 2.24) is 0 Å². The fourth-order valence-electron chi connectivity index (χ4n) is 2.82. The lowest BCUT2D eigenvalue weighted by molar-refractivity contribution is 0.319. The average Bonchev–Trinajstić information content (AvgIpc) is 2.59. The second-order valence-corrected chi connectivity index (χ2v) is 9.52. The second-order valence-electron chi connectivity index (χ2n) is 6.03. The van der Waals surface area contributed by atoms with E-state index in [4.69, 9.17) is 10.9 Å². The molecule has 0 saturated heterocycles. The zero-order chi connectivity index (χ0) is 19.7. The summed E-state index contributed by atoms with van der Waals surface area (Å²) in [5.74, 6) is -0.329. The lowest BCUT2D eigenvalue weighted by Gasteiger charge is -2.23. The summed E-state index contributed by atoms with van der Waals surface area (Å²) in [5.41, 5.74) is 8.39. The molecule has 2 heterocycles. The van der Waals surface area contributed by atoms with Gasteiger partial charge in [0, 0.05) is 11.6 Å². The van der Waals surface area contributed by atoms with Crippen molar-refractivity contribution in [3.8, 4) is 0 Å². The van der Waals surface area contributed by atoms with Crippen molar-refractivity contribution in [3.63, 3.8) is 0 Å². The lowest BCUT2D eigenvalue weighted by Crippen LogP contribution is -2.31. The molecule has 0 radical (unpaired) electrons. The van der Waals surface area contributed by atoms with E-state index in [0.29, 0.717) is 16.9 Å². The Morgan fingerprint density at radius 2 is 1.45 bits per heavy atom. The maximum absolute atomic E-state index is 11.3. The van der Waals surface area contributed by atoms with Crippen LogP contribution in [0.5, 0.6) is 0 Å². The second kappa shape index (κ2) is 9.25. The van der Waals surface area contributed by atoms with Gasteiger partial charge in [0.05, 0.1) is 17.1 Å². The standard InChI is InChI=1S/C8H8N2O3S.C8H10N2O2S.2CH4/c11-9-8-5-14(12,13)10-7-4-2-1-3-6(7)8;9-7-5-13(11,12)10-8-4-2-1-3-6(7)8;;/h1-4,10-11H,5H2;1-4,7,10H,5,9H2;2*1H4/b9-8+;;;. The Labute approximate surface area is 171 Å². The molecule has 5 N–H and O–H groups in total. The van der Waals surface area contributed by atoms with Crippen LogP contribution < -0.4 is 15.2 Å². The van der Waals surface area contributed by atoms with E-state index in [1.54, 1.807) is 36.4 Å². The van der Waals surface area contributed by atoms with Crippen molar-refractivity contribution in [2.24, 2.45) is 10.9 Å². The first-order valence-corrected chi connectivity index (χ1v) is 11.2. The molecule has 0 fully saturated rings. The SMILES string of the molecule is C.C.NC1CS(=O)(=O)Nc2ccccc21.O=S1(=O)C/C(=N\O)c2ccccc2N1. The first-order valence-electron chi connectivity index (χ1n) is 7.86. The highest BCUT2D eigenvalue weighted by atomic mass is 32.2. The van der Waals surface area contributed by atoms with Crippen molar-refractivity contribution < 1.29 is 22.0 Å². The molecule has 2 aliphatic rings. The number of sulfonamides is 2. The third kappa shape index (κ3) is 5.68. The van der Waals surface area contributed by atoms with Crippen LogP contribution in [-0.4, -0.2) is 39.3 Å². The molecule has 0 amide bonds. The van der Waals surface area contributed by atoms with Crippen molar-refractivity contribution in [2.75, 3.05) is 20.9 Å². The van der Waals surface area contributed by atoms with Gasteiger partial charge in [0.15, 0.2) is 0 Å². The highest BCUT2D eigenvalue weighted by Gasteiger charge is 2.26. The van der Waals surface area contributed by atoms with Crippen LogP contribution >= 0.6 is 0 Å². The van der Waals surface area contributed by atoms with Crippen molar-refractivity contribution >= 4 is 37.1 Å². The Bertz CT molecular complexity index is 1100. The maximum atomic E-state index is 11.3. The molecule has 4 rings (SSSR count). The van der Waals surface area contributed by atoms with Crippen LogP contribution in [0.2, 0.25) is 0 Å². The summed E-state index contributed by atoms with van der Waals surface area (Å²) in [6.45, 7) is 0. The van der Waals surface area contributed by atoms with Gasteiger partial charge < -0.3 is 10.9 Å². The summed E-state index contributed by atoms with van der Waals surface area (Å²) in [6, 6.07) is 13.5. The summed E-state index contributed by atoms with van der Waals surface area (Å²) < 4.78 is 49.9. The Kier molecular flexibility index (Phi) is 7.78. The molecule has 0 bridgehead atoms. The minimum atomic E-state index is -3.40. The van der Waals surface area contributed by atoms with Crippen LogP contribution in [0.4, 0.5) is 11.4 Å².